The first kappa shape index (κ1) is 17.0. The molecule has 1 saturated carbocycles. The number of nitrogens with one attached hydrogen (secondary N) is 1. The van der Waals surface area contributed by atoms with Crippen molar-refractivity contribution >= 4 is 18.3 Å². The van der Waals surface area contributed by atoms with Crippen LogP contribution >= 0.6 is 12.4 Å². The molecular formula is C16H29ClN2O2. The maximum atomic E-state index is 12.9. The normalized spacial score (nSPS) is 28.0. The van der Waals surface area contributed by atoms with Gasteiger partial charge in [0.1, 0.15) is 0 Å². The Kier molecular flexibility index (Phi) is 6.33. The van der Waals surface area contributed by atoms with Gasteiger partial charge in [-0.15, -0.1) is 12.4 Å². The van der Waals surface area contributed by atoms with Crippen molar-refractivity contribution in [3.05, 3.63) is 0 Å². The number of carbonyl (C=O) groups excluding carboxylic acids is 1. The molecule has 3 fully saturated rings. The molecule has 0 bridgehead atoms. The Hall–Kier alpha value is -0.320. The zero-order chi connectivity index (χ0) is 13.9. The first-order chi connectivity index (χ1) is 9.75. The first-order valence-corrected chi connectivity index (χ1v) is 8.38. The van der Waals surface area contributed by atoms with Crippen LogP contribution in [-0.4, -0.2) is 49.2 Å². The number of nitrogens with zero attached hydrogens (tertiary/aromatic N) is 1. The summed E-state index contributed by atoms with van der Waals surface area (Å²) in [6.45, 7) is 5.83. The fraction of sp³-hybridized carbons (Fsp3) is 0.938. The maximum Gasteiger partial charge on any atom is 0.226 e. The van der Waals surface area contributed by atoms with Crippen LogP contribution in [0.3, 0.4) is 0 Å². The number of ether oxygens (including phenoxy) is 1. The topological polar surface area (TPSA) is 41.6 Å². The number of halogens is 1. The molecular weight excluding hydrogens is 288 g/mol. The van der Waals surface area contributed by atoms with Gasteiger partial charge in [0.25, 0.3) is 0 Å². The summed E-state index contributed by atoms with van der Waals surface area (Å²) < 4.78 is 5.77. The van der Waals surface area contributed by atoms with Gasteiger partial charge in [-0.05, 0) is 44.7 Å². The van der Waals surface area contributed by atoms with E-state index in [-0.39, 0.29) is 24.4 Å². The summed E-state index contributed by atoms with van der Waals surface area (Å²) in [5.41, 5.74) is 0. The average Bonchev–Trinajstić information content (AvgIpc) is 3.05. The van der Waals surface area contributed by atoms with Crippen LogP contribution < -0.4 is 5.32 Å². The molecule has 4 nitrogen and oxygen atoms in total. The highest BCUT2D eigenvalue weighted by Gasteiger charge is 2.36. The monoisotopic (exact) mass is 316 g/mol. The van der Waals surface area contributed by atoms with Crippen LogP contribution in [0.1, 0.15) is 45.4 Å². The summed E-state index contributed by atoms with van der Waals surface area (Å²) in [4.78, 5) is 15.1. The van der Waals surface area contributed by atoms with E-state index in [2.05, 4.69) is 17.1 Å². The van der Waals surface area contributed by atoms with E-state index in [1.54, 1.807) is 0 Å². The molecule has 2 heterocycles. The van der Waals surface area contributed by atoms with Gasteiger partial charge in [-0.1, -0.05) is 19.8 Å². The minimum Gasteiger partial charge on any atom is -0.376 e. The summed E-state index contributed by atoms with van der Waals surface area (Å²) in [5.74, 6) is 1.08. The van der Waals surface area contributed by atoms with Crippen LogP contribution in [-0.2, 0) is 9.53 Å². The molecule has 3 rings (SSSR count). The highest BCUT2D eigenvalue weighted by Crippen LogP contribution is 2.28. The molecule has 0 aromatic heterocycles. The summed E-state index contributed by atoms with van der Waals surface area (Å²) >= 11 is 0. The molecule has 0 aromatic rings. The molecule has 122 valence electrons. The second-order valence-corrected chi connectivity index (χ2v) is 6.77. The lowest BCUT2D eigenvalue weighted by atomic mass is 9.87. The molecule has 1 amide bonds. The van der Waals surface area contributed by atoms with E-state index < -0.39 is 0 Å². The van der Waals surface area contributed by atoms with Crippen molar-refractivity contribution in [1.82, 2.24) is 10.2 Å². The van der Waals surface area contributed by atoms with Crippen molar-refractivity contribution in [2.75, 3.05) is 26.2 Å². The van der Waals surface area contributed by atoms with Crippen molar-refractivity contribution in [2.45, 2.75) is 57.6 Å². The Bertz CT molecular complexity index is 337. The smallest absolute Gasteiger partial charge is 0.226 e. The van der Waals surface area contributed by atoms with Crippen LogP contribution in [0.4, 0.5) is 0 Å². The van der Waals surface area contributed by atoms with Gasteiger partial charge in [-0.25, -0.2) is 0 Å². The van der Waals surface area contributed by atoms with Crippen LogP contribution in [0.15, 0.2) is 0 Å². The van der Waals surface area contributed by atoms with Crippen molar-refractivity contribution in [3.8, 4) is 0 Å². The Morgan fingerprint density at radius 1 is 1.24 bits per heavy atom. The van der Waals surface area contributed by atoms with Gasteiger partial charge in [0, 0.05) is 25.1 Å². The van der Waals surface area contributed by atoms with Crippen LogP contribution in [0.5, 0.6) is 0 Å². The van der Waals surface area contributed by atoms with Crippen molar-refractivity contribution < 1.29 is 9.53 Å². The molecule has 21 heavy (non-hydrogen) atoms. The van der Waals surface area contributed by atoms with Crippen LogP contribution in [0.2, 0.25) is 0 Å². The molecule has 1 N–H and O–H groups in total. The second kappa shape index (κ2) is 7.80. The Morgan fingerprint density at radius 3 is 2.48 bits per heavy atom. The van der Waals surface area contributed by atoms with Crippen molar-refractivity contribution in [2.24, 2.45) is 11.8 Å². The Balaban J connectivity index is 0.00000161. The molecule has 5 heteroatoms. The molecule has 2 aliphatic heterocycles. The van der Waals surface area contributed by atoms with Gasteiger partial charge >= 0.3 is 0 Å². The molecule has 2 atom stereocenters. The van der Waals surface area contributed by atoms with E-state index in [4.69, 9.17) is 4.74 Å². The van der Waals surface area contributed by atoms with E-state index in [1.807, 2.05) is 0 Å². The van der Waals surface area contributed by atoms with Gasteiger partial charge < -0.3 is 15.0 Å². The maximum absolute atomic E-state index is 12.9. The number of hydrogen-bond donors (Lipinski definition) is 1. The highest BCUT2D eigenvalue weighted by atomic mass is 35.5. The molecule has 1 aliphatic carbocycles. The first-order valence-electron chi connectivity index (χ1n) is 8.38. The van der Waals surface area contributed by atoms with E-state index in [0.29, 0.717) is 17.9 Å². The molecule has 2 saturated heterocycles. The fourth-order valence-corrected chi connectivity index (χ4v) is 3.77. The summed E-state index contributed by atoms with van der Waals surface area (Å²) in [6.07, 6.45) is 7.49. The van der Waals surface area contributed by atoms with E-state index in [1.165, 1.54) is 25.7 Å². The molecule has 0 spiro atoms. The van der Waals surface area contributed by atoms with Crippen LogP contribution in [0.25, 0.3) is 0 Å². The number of hydrogen-bond acceptors (Lipinski definition) is 3. The van der Waals surface area contributed by atoms with E-state index in [9.17, 15) is 4.79 Å². The van der Waals surface area contributed by atoms with Crippen molar-refractivity contribution in [3.63, 3.8) is 0 Å². The standard InChI is InChI=1S/C16H28N2O2.ClH/c1-12(13-9-17-10-13)16(19)18(14-5-2-3-6-14)11-15-7-4-8-20-15;/h12-15,17H,2-11H2,1H3;1H. The Morgan fingerprint density at radius 2 is 1.95 bits per heavy atom. The van der Waals surface area contributed by atoms with Crippen LogP contribution in [0, 0.1) is 11.8 Å². The lowest BCUT2D eigenvalue weighted by Crippen LogP contribution is -2.53. The molecule has 2 unspecified atom stereocenters. The fourth-order valence-electron chi connectivity index (χ4n) is 3.77. The SMILES string of the molecule is CC(C(=O)N(CC1CCCO1)C1CCCC1)C1CNC1.Cl. The number of amides is 1. The minimum absolute atomic E-state index is 0. The van der Waals surface area contributed by atoms with E-state index in [0.717, 1.165) is 39.1 Å². The van der Waals surface area contributed by atoms with Gasteiger partial charge in [-0.3, -0.25) is 4.79 Å². The largest absolute Gasteiger partial charge is 0.376 e. The zero-order valence-electron chi connectivity index (χ0n) is 13.1. The average molecular weight is 317 g/mol. The van der Waals surface area contributed by atoms with Gasteiger partial charge in [0.15, 0.2) is 0 Å². The predicted molar refractivity (Wildman–Crippen MR) is 85.7 cm³/mol. The Labute approximate surface area is 134 Å². The minimum atomic E-state index is 0. The third-order valence-corrected chi connectivity index (χ3v) is 5.38. The molecule has 3 aliphatic rings. The quantitative estimate of drug-likeness (QED) is 0.845. The van der Waals surface area contributed by atoms with Gasteiger partial charge in [0.2, 0.25) is 5.91 Å². The van der Waals surface area contributed by atoms with Gasteiger partial charge in [0.05, 0.1) is 6.10 Å². The zero-order valence-corrected chi connectivity index (χ0v) is 13.9. The molecule has 0 aromatic carbocycles. The summed E-state index contributed by atoms with van der Waals surface area (Å²) in [5, 5.41) is 3.28. The summed E-state index contributed by atoms with van der Waals surface area (Å²) in [6, 6.07) is 0.474. The summed E-state index contributed by atoms with van der Waals surface area (Å²) in [7, 11) is 0. The lowest BCUT2D eigenvalue weighted by molar-refractivity contribution is -0.141. The molecule has 0 radical (unpaired) electrons. The third kappa shape index (κ3) is 3.91. The van der Waals surface area contributed by atoms with Crippen molar-refractivity contribution in [1.29, 1.82) is 0 Å². The highest BCUT2D eigenvalue weighted by molar-refractivity contribution is 5.85. The number of carbonyl (C=O) groups is 1. The third-order valence-electron chi connectivity index (χ3n) is 5.38. The number of rotatable bonds is 5. The predicted octanol–water partition coefficient (Wildman–Crippen LogP) is 2.21. The van der Waals surface area contributed by atoms with E-state index >= 15 is 0 Å². The van der Waals surface area contributed by atoms with Gasteiger partial charge in [-0.2, -0.15) is 0 Å². The lowest BCUT2D eigenvalue weighted by Gasteiger charge is -2.38. The second-order valence-electron chi connectivity index (χ2n) is 6.77.